The Morgan fingerprint density at radius 2 is 1.39 bits per heavy atom. The minimum atomic E-state index is -0.947. The number of carbonyl (C=O) groups is 3. The van der Waals surface area contributed by atoms with Gasteiger partial charge < -0.3 is 25.1 Å². The Morgan fingerprint density at radius 1 is 0.869 bits per heavy atom. The standard InChI is InChI=1S/C48H42IN5O5S2/c1-2-28-58-53-39(38-29-60-46(50-38)52-48(35-22-12-5-13-23-35,36-24-14-6-15-25-36)37-26-16-7-17-27-37)42(55)51-40-43(56)54-31-47(30-49,32-61-44(40)54)45(57)59-41(33-18-8-3-9-19-33)34-20-10-4-11-21-34/h2-27,29,40-41,44H,1,28,30-32H2,(H,50,52)(H,51,55)/t40?,44-,47?/m1/s1. The van der Waals surface area contributed by atoms with Crippen molar-refractivity contribution >= 4 is 74.3 Å². The number of amides is 2. The number of oxime groups is 1. The number of benzene rings is 5. The molecule has 8 rings (SSSR count). The Morgan fingerprint density at radius 3 is 1.90 bits per heavy atom. The average Bonchev–Trinajstić information content (AvgIpc) is 3.79. The SMILES string of the molecule is C=CCON=C(C(=O)NC1C(=O)N2CC(CI)(C(=O)OC(c3ccccc3)c3ccccc3)CS[C@H]12)c1csc(NC(c2ccccc2)(c2ccccc2)c2ccccc2)n1. The van der Waals surface area contributed by atoms with E-state index in [1.165, 1.54) is 29.2 Å². The summed E-state index contributed by atoms with van der Waals surface area (Å²) in [6, 6.07) is 48.9. The second kappa shape index (κ2) is 18.9. The van der Waals surface area contributed by atoms with Gasteiger partial charge in [-0.15, -0.1) is 23.1 Å². The number of halogens is 1. The summed E-state index contributed by atoms with van der Waals surface area (Å²) in [7, 11) is 0. The Hall–Kier alpha value is -5.77. The topological polar surface area (TPSA) is 122 Å². The number of anilines is 1. The summed E-state index contributed by atoms with van der Waals surface area (Å²) in [6.45, 7) is 3.93. The Bertz CT molecular complexity index is 2360. The number of nitrogens with one attached hydrogen (secondary N) is 2. The van der Waals surface area contributed by atoms with Gasteiger partial charge in [0.05, 0.1) is 0 Å². The molecule has 3 heterocycles. The first-order chi connectivity index (χ1) is 29.9. The lowest BCUT2D eigenvalue weighted by Crippen LogP contribution is -2.74. The molecule has 2 aliphatic heterocycles. The smallest absolute Gasteiger partial charge is 0.316 e. The number of thiazole rings is 1. The molecule has 0 aliphatic carbocycles. The number of nitrogens with zero attached hydrogens (tertiary/aromatic N) is 3. The lowest BCUT2D eigenvalue weighted by molar-refractivity contribution is -0.163. The second-order valence-electron chi connectivity index (χ2n) is 14.7. The third kappa shape index (κ3) is 8.59. The third-order valence-electron chi connectivity index (χ3n) is 10.8. The first-order valence-electron chi connectivity index (χ1n) is 19.7. The zero-order valence-electron chi connectivity index (χ0n) is 32.9. The van der Waals surface area contributed by atoms with Gasteiger partial charge in [-0.2, -0.15) is 0 Å². The molecule has 2 N–H and O–H groups in total. The maximum absolute atomic E-state index is 14.2. The number of esters is 1. The Labute approximate surface area is 376 Å². The van der Waals surface area contributed by atoms with Crippen LogP contribution < -0.4 is 10.6 Å². The molecule has 0 radical (unpaired) electrons. The molecule has 2 aliphatic rings. The molecule has 2 fully saturated rings. The molecule has 61 heavy (non-hydrogen) atoms. The molecule has 5 aromatic carbocycles. The van der Waals surface area contributed by atoms with Gasteiger partial charge in [0, 0.05) is 22.1 Å². The minimum absolute atomic E-state index is 0.0592. The summed E-state index contributed by atoms with van der Waals surface area (Å²) in [5, 5.41) is 12.8. The molecule has 2 saturated heterocycles. The number of carbonyl (C=O) groups excluding carboxylic acids is 3. The van der Waals surface area contributed by atoms with E-state index in [-0.39, 0.29) is 41.8 Å². The van der Waals surface area contributed by atoms with Crippen LogP contribution >= 0.6 is 45.7 Å². The van der Waals surface area contributed by atoms with Crippen molar-refractivity contribution in [1.82, 2.24) is 15.2 Å². The summed E-state index contributed by atoms with van der Waals surface area (Å²) in [6.07, 6.45) is 0.921. The normalized spacial score (nSPS) is 18.7. The van der Waals surface area contributed by atoms with Crippen LogP contribution in [0.25, 0.3) is 0 Å². The molecule has 13 heteroatoms. The highest BCUT2D eigenvalue weighted by atomic mass is 127. The molecule has 6 aromatic rings. The minimum Gasteiger partial charge on any atom is -0.452 e. The van der Waals surface area contributed by atoms with E-state index in [2.05, 4.69) is 81.4 Å². The first kappa shape index (κ1) is 41.9. The van der Waals surface area contributed by atoms with Gasteiger partial charge in [0.25, 0.3) is 5.91 Å². The van der Waals surface area contributed by atoms with Crippen molar-refractivity contribution in [2.75, 3.05) is 28.6 Å². The number of ether oxygens (including phenoxy) is 1. The van der Waals surface area contributed by atoms with Crippen molar-refractivity contribution in [1.29, 1.82) is 0 Å². The van der Waals surface area contributed by atoms with Gasteiger partial charge in [-0.05, 0) is 27.8 Å². The molecule has 0 bridgehead atoms. The van der Waals surface area contributed by atoms with Crippen molar-refractivity contribution in [2.45, 2.75) is 23.1 Å². The van der Waals surface area contributed by atoms with Crippen molar-refractivity contribution in [3.05, 3.63) is 203 Å². The number of hydrogen-bond acceptors (Lipinski definition) is 10. The lowest BCUT2D eigenvalue weighted by atomic mass is 9.77. The van der Waals surface area contributed by atoms with Gasteiger partial charge in [0.1, 0.15) is 34.7 Å². The number of rotatable bonds is 16. The number of thioether (sulfide) groups is 1. The first-order valence-corrected chi connectivity index (χ1v) is 23.1. The fourth-order valence-corrected chi connectivity index (χ4v) is 11.1. The van der Waals surface area contributed by atoms with Crippen LogP contribution in [0.4, 0.5) is 5.13 Å². The summed E-state index contributed by atoms with van der Waals surface area (Å²) in [4.78, 5) is 54.2. The van der Waals surface area contributed by atoms with Gasteiger partial charge in [-0.25, -0.2) is 4.98 Å². The van der Waals surface area contributed by atoms with E-state index in [4.69, 9.17) is 14.6 Å². The molecule has 2 unspecified atom stereocenters. The summed E-state index contributed by atoms with van der Waals surface area (Å²) < 4.78 is 6.76. The summed E-state index contributed by atoms with van der Waals surface area (Å²) in [5.74, 6) is -0.870. The molecular formula is C48H42IN5O5S2. The largest absolute Gasteiger partial charge is 0.452 e. The summed E-state index contributed by atoms with van der Waals surface area (Å²) in [5.41, 5.74) is 3.10. The molecule has 2 amide bonds. The molecular weight excluding hydrogens is 918 g/mol. The van der Waals surface area contributed by atoms with Crippen LogP contribution in [-0.4, -0.2) is 68.1 Å². The molecule has 3 atom stereocenters. The molecule has 1 aromatic heterocycles. The maximum atomic E-state index is 14.2. The van der Waals surface area contributed by atoms with Gasteiger partial charge in [-0.3, -0.25) is 14.4 Å². The van der Waals surface area contributed by atoms with Crippen molar-refractivity contribution in [3.63, 3.8) is 0 Å². The molecule has 308 valence electrons. The van der Waals surface area contributed by atoms with Gasteiger partial charge in [0.2, 0.25) is 5.91 Å². The van der Waals surface area contributed by atoms with E-state index in [9.17, 15) is 14.4 Å². The van der Waals surface area contributed by atoms with E-state index in [0.29, 0.717) is 15.3 Å². The predicted molar refractivity (Wildman–Crippen MR) is 250 cm³/mol. The van der Waals surface area contributed by atoms with E-state index in [0.717, 1.165) is 27.8 Å². The van der Waals surface area contributed by atoms with Crippen LogP contribution in [0.15, 0.2) is 175 Å². The fourth-order valence-electron chi connectivity index (χ4n) is 7.65. The average molecular weight is 960 g/mol. The van der Waals surface area contributed by atoms with Crippen LogP contribution in [0.5, 0.6) is 0 Å². The zero-order valence-corrected chi connectivity index (χ0v) is 36.7. The highest BCUT2D eigenvalue weighted by Gasteiger charge is 2.58. The van der Waals surface area contributed by atoms with Crippen molar-refractivity contribution in [2.24, 2.45) is 10.6 Å². The maximum Gasteiger partial charge on any atom is 0.316 e. The third-order valence-corrected chi connectivity index (χ3v) is 14.6. The Balaban J connectivity index is 1.01. The number of β-lactam (4-membered cyclic amide) rings is 1. The van der Waals surface area contributed by atoms with Crippen LogP contribution in [0.2, 0.25) is 0 Å². The van der Waals surface area contributed by atoms with E-state index < -0.39 is 29.0 Å². The van der Waals surface area contributed by atoms with Crippen LogP contribution in [0, 0.1) is 5.41 Å². The van der Waals surface area contributed by atoms with E-state index in [1.54, 1.807) is 10.3 Å². The van der Waals surface area contributed by atoms with E-state index >= 15 is 0 Å². The second-order valence-corrected chi connectivity index (χ2v) is 17.4. The monoisotopic (exact) mass is 959 g/mol. The molecule has 0 saturated carbocycles. The predicted octanol–water partition coefficient (Wildman–Crippen LogP) is 8.61. The highest BCUT2D eigenvalue weighted by molar-refractivity contribution is 14.1. The quantitative estimate of drug-likeness (QED) is 0.0114. The lowest BCUT2D eigenvalue weighted by Gasteiger charge is -2.53. The molecule has 10 nitrogen and oxygen atoms in total. The van der Waals surface area contributed by atoms with Crippen molar-refractivity contribution < 1.29 is 24.0 Å². The van der Waals surface area contributed by atoms with Crippen molar-refractivity contribution in [3.8, 4) is 0 Å². The van der Waals surface area contributed by atoms with Crippen LogP contribution in [0.3, 0.4) is 0 Å². The van der Waals surface area contributed by atoms with Crippen LogP contribution in [-0.2, 0) is 29.5 Å². The Kier molecular flexibility index (Phi) is 13.0. The number of hydrogen-bond donors (Lipinski definition) is 2. The highest BCUT2D eigenvalue weighted by Crippen LogP contribution is 2.45. The van der Waals surface area contributed by atoms with Gasteiger partial charge in [0.15, 0.2) is 16.9 Å². The summed E-state index contributed by atoms with van der Waals surface area (Å²) >= 11 is 4.99. The molecule has 0 spiro atoms. The van der Waals surface area contributed by atoms with Crippen LogP contribution in [0.1, 0.15) is 39.6 Å². The van der Waals surface area contributed by atoms with E-state index in [1.807, 2.05) is 115 Å². The number of aromatic nitrogens is 1. The van der Waals surface area contributed by atoms with Gasteiger partial charge >= 0.3 is 5.97 Å². The fraction of sp³-hybridized carbons (Fsp3) is 0.188. The number of fused-ring (bicyclic) bond motifs is 1. The van der Waals surface area contributed by atoms with Gasteiger partial charge in [-0.1, -0.05) is 192 Å². The number of alkyl halides is 1. The zero-order chi connectivity index (χ0) is 42.2.